The number of hydrogen-bond donors (Lipinski definition) is 0. The van der Waals surface area contributed by atoms with Gasteiger partial charge in [-0.25, -0.2) is 0 Å². The Morgan fingerprint density at radius 1 is 0.482 bits per heavy atom. The molecule has 0 N–H and O–H groups in total. The van der Waals surface area contributed by atoms with E-state index < -0.39 is 21.5 Å². The molecule has 4 atom stereocenters. The summed E-state index contributed by atoms with van der Waals surface area (Å²) >= 11 is -5.12. The van der Waals surface area contributed by atoms with Gasteiger partial charge in [-0.3, -0.25) is 0 Å². The Morgan fingerprint density at radius 2 is 0.804 bits per heavy atom. The number of rotatable bonds is 11. The summed E-state index contributed by atoms with van der Waals surface area (Å²) in [6.45, 7) is 14.4. The number of halogens is 2. The molecular formula is C52H53Cl2SiZr. The molecule has 0 fully saturated rings. The van der Waals surface area contributed by atoms with Crippen molar-refractivity contribution in [3.63, 3.8) is 0 Å². The van der Waals surface area contributed by atoms with Crippen LogP contribution in [0.2, 0.25) is 13.1 Å². The van der Waals surface area contributed by atoms with E-state index in [1.165, 1.54) is 77.9 Å². The second-order valence-corrected chi connectivity index (χ2v) is 59.1. The van der Waals surface area contributed by atoms with Gasteiger partial charge in [0.15, 0.2) is 0 Å². The predicted molar refractivity (Wildman–Crippen MR) is 246 cm³/mol. The van der Waals surface area contributed by atoms with E-state index in [0.29, 0.717) is 11.8 Å². The topological polar surface area (TPSA) is 0 Å². The van der Waals surface area contributed by atoms with E-state index in [2.05, 4.69) is 199 Å². The fourth-order valence-corrected chi connectivity index (χ4v) is 41.1. The van der Waals surface area contributed by atoms with Crippen LogP contribution in [0.5, 0.6) is 0 Å². The molecule has 2 aliphatic carbocycles. The Labute approximate surface area is 344 Å². The summed E-state index contributed by atoms with van der Waals surface area (Å²) in [7, 11) is 18.1. The van der Waals surface area contributed by atoms with Crippen molar-refractivity contribution in [2.75, 3.05) is 0 Å². The maximum atomic E-state index is 9.05. The summed E-state index contributed by atoms with van der Waals surface area (Å²) in [6, 6.07) is 53.3. The van der Waals surface area contributed by atoms with Crippen LogP contribution in [0, 0.1) is 11.8 Å². The van der Waals surface area contributed by atoms with Crippen molar-refractivity contribution < 1.29 is 15.6 Å². The van der Waals surface area contributed by atoms with Gasteiger partial charge in [0.2, 0.25) is 0 Å². The summed E-state index contributed by atoms with van der Waals surface area (Å²) in [5.74, 6) is -1.11. The van der Waals surface area contributed by atoms with Crippen LogP contribution in [-0.2, 0) is 15.6 Å². The van der Waals surface area contributed by atoms with Crippen LogP contribution in [0.25, 0.3) is 56.7 Å². The molecule has 8 rings (SSSR count). The molecule has 0 radical (unpaired) electrons. The monoisotopic (exact) mass is 865 g/mol. The molecule has 0 spiro atoms. The Kier molecular flexibility index (Phi) is 11.0. The third kappa shape index (κ3) is 6.44. The van der Waals surface area contributed by atoms with Crippen LogP contribution in [0.3, 0.4) is 0 Å². The van der Waals surface area contributed by atoms with E-state index >= 15 is 0 Å². The summed E-state index contributed by atoms with van der Waals surface area (Å²) in [6.07, 6.45) is 7.17. The SMILES string of the molecule is CCC(C)C1=Cc2c(ccc(-c3ccccc3)c2-c2ccccc2)[CH]1[Zr]([Cl])([Cl])([CH]1C(C(C)CC)=Cc2c1ccc(-c1ccccc1)c2-c1ccccc1)[SiH](C)C. The summed E-state index contributed by atoms with van der Waals surface area (Å²) in [4.78, 5) is 0. The van der Waals surface area contributed by atoms with Gasteiger partial charge in [0.25, 0.3) is 0 Å². The van der Waals surface area contributed by atoms with Crippen molar-refractivity contribution in [2.45, 2.75) is 60.9 Å². The molecular weight excluding hydrogens is 815 g/mol. The quantitative estimate of drug-likeness (QED) is 0.114. The van der Waals surface area contributed by atoms with Crippen molar-refractivity contribution in [1.29, 1.82) is 0 Å². The Bertz CT molecular complexity index is 2270. The first-order valence-corrected chi connectivity index (χ1v) is 36.9. The predicted octanol–water partition coefficient (Wildman–Crippen LogP) is 16.0. The molecule has 4 unspecified atom stereocenters. The zero-order valence-electron chi connectivity index (χ0n) is 33.6. The number of allylic oxidation sites excluding steroid dienone is 2. The van der Waals surface area contributed by atoms with Crippen molar-refractivity contribution in [3.8, 4) is 44.5 Å². The van der Waals surface area contributed by atoms with Gasteiger partial charge in [-0.05, 0) is 0 Å². The van der Waals surface area contributed by atoms with E-state index in [1.807, 2.05) is 0 Å². The third-order valence-electron chi connectivity index (χ3n) is 13.3. The number of benzene rings is 6. The zero-order chi connectivity index (χ0) is 39.2. The molecule has 0 bridgehead atoms. The second-order valence-electron chi connectivity index (χ2n) is 16.6. The molecule has 0 saturated carbocycles. The molecule has 6 aromatic carbocycles. The number of fused-ring (bicyclic) bond motifs is 2. The van der Waals surface area contributed by atoms with E-state index in [-0.39, 0.29) is 7.25 Å². The normalized spacial score (nSPS) is 18.1. The second kappa shape index (κ2) is 15.7. The first kappa shape index (κ1) is 39.3. The van der Waals surface area contributed by atoms with Crippen molar-refractivity contribution in [1.82, 2.24) is 0 Å². The third-order valence-corrected chi connectivity index (χ3v) is 65.0. The standard InChI is InChI=1S/2C25H23.C2H7Si.2ClH.Zr/c2*1-3-18(2)22-16-21-14-15-23(19-10-6-4-7-11-19)25(24(21)17-22)20-12-8-5-9-13-20;1-3-2;;;/h2*4-18H,3H2,1-2H3;3H,1-2H3;2*1H;/q;;;;;+2/p-2. The van der Waals surface area contributed by atoms with Gasteiger partial charge in [0.1, 0.15) is 0 Å². The first-order valence-electron chi connectivity index (χ1n) is 20.6. The Morgan fingerprint density at radius 3 is 1.11 bits per heavy atom. The van der Waals surface area contributed by atoms with Crippen LogP contribution in [-0.4, -0.2) is 5.92 Å². The molecule has 283 valence electrons. The average molecular weight is 868 g/mol. The number of hydrogen-bond acceptors (Lipinski definition) is 0. The molecule has 0 aliphatic heterocycles. The molecule has 0 heterocycles. The molecule has 0 saturated heterocycles. The van der Waals surface area contributed by atoms with E-state index in [4.69, 9.17) is 17.0 Å². The van der Waals surface area contributed by atoms with E-state index in [9.17, 15) is 0 Å². The molecule has 0 nitrogen and oxygen atoms in total. The Balaban J connectivity index is 1.43. The molecule has 2 aliphatic rings. The van der Waals surface area contributed by atoms with Crippen LogP contribution in [0.4, 0.5) is 0 Å². The van der Waals surface area contributed by atoms with Crippen molar-refractivity contribution in [3.05, 3.63) is 179 Å². The van der Waals surface area contributed by atoms with Gasteiger partial charge in [0, 0.05) is 0 Å². The molecule has 4 heteroatoms. The molecule has 56 heavy (non-hydrogen) atoms. The molecule has 0 amide bonds. The van der Waals surface area contributed by atoms with Gasteiger partial charge >= 0.3 is 347 Å². The first-order chi connectivity index (χ1) is 27.1. The minimum absolute atomic E-state index is 0.0149. The summed E-state index contributed by atoms with van der Waals surface area (Å²) in [5.41, 5.74) is 18.2. The van der Waals surface area contributed by atoms with Crippen LogP contribution in [0.1, 0.15) is 70.0 Å². The van der Waals surface area contributed by atoms with Gasteiger partial charge in [-0.1, -0.05) is 0 Å². The zero-order valence-corrected chi connectivity index (χ0v) is 38.7. The van der Waals surface area contributed by atoms with E-state index in [1.54, 1.807) is 0 Å². The summed E-state index contributed by atoms with van der Waals surface area (Å²) < 4.78 is 0.0297. The van der Waals surface area contributed by atoms with Crippen LogP contribution >= 0.6 is 17.0 Å². The van der Waals surface area contributed by atoms with Crippen LogP contribution < -0.4 is 0 Å². The molecule has 6 aromatic rings. The van der Waals surface area contributed by atoms with Crippen molar-refractivity contribution >= 4 is 35.1 Å². The van der Waals surface area contributed by atoms with Gasteiger partial charge in [-0.15, -0.1) is 0 Å². The maximum absolute atomic E-state index is 9.05. The fraction of sp³-hybridized carbons (Fsp3) is 0.231. The minimum atomic E-state index is -5.12. The van der Waals surface area contributed by atoms with Gasteiger partial charge in [-0.2, -0.15) is 0 Å². The van der Waals surface area contributed by atoms with Crippen LogP contribution in [0.15, 0.2) is 157 Å². The van der Waals surface area contributed by atoms with Crippen molar-refractivity contribution in [2.24, 2.45) is 11.8 Å². The summed E-state index contributed by atoms with van der Waals surface area (Å²) in [5, 5.41) is 0. The Hall–Kier alpha value is -3.52. The average Bonchev–Trinajstić information content (AvgIpc) is 3.85. The van der Waals surface area contributed by atoms with Gasteiger partial charge in [0.05, 0.1) is 0 Å². The van der Waals surface area contributed by atoms with Gasteiger partial charge < -0.3 is 0 Å². The fourth-order valence-electron chi connectivity index (χ4n) is 9.88. The van der Waals surface area contributed by atoms with E-state index in [0.717, 1.165) is 12.8 Å². The molecule has 0 aromatic heterocycles.